The van der Waals surface area contributed by atoms with Gasteiger partial charge in [0.1, 0.15) is 8.07 Å². The molecule has 0 fully saturated rings. The number of aryl methyl sites for hydroxylation is 1. The van der Waals surface area contributed by atoms with Gasteiger partial charge in [-0.3, -0.25) is 4.79 Å². The molecule has 0 aliphatic rings. The molecule has 2 rings (SSSR count). The highest BCUT2D eigenvalue weighted by molar-refractivity contribution is 6.87. The summed E-state index contributed by atoms with van der Waals surface area (Å²) in [6.07, 6.45) is 3.86. The standard InChI is InChI=1S/C21H26O3Si/c1-17(22)24-20(19-15-21(23-16-19)25(2,3)4)14-10-6-9-13-18-11-7-5-8-12-18/h5,7-8,11-12,15-16,20H,6,9,13H2,1-4H3. The Morgan fingerprint density at radius 2 is 1.96 bits per heavy atom. The molecular formula is C21H26O3Si. The second-order valence-corrected chi connectivity index (χ2v) is 12.1. The van der Waals surface area contributed by atoms with Gasteiger partial charge in [-0.2, -0.15) is 0 Å². The van der Waals surface area contributed by atoms with Crippen LogP contribution in [0.2, 0.25) is 19.6 Å². The van der Waals surface area contributed by atoms with E-state index < -0.39 is 14.2 Å². The second kappa shape index (κ2) is 8.73. The van der Waals surface area contributed by atoms with Gasteiger partial charge in [-0.05, 0) is 24.5 Å². The maximum atomic E-state index is 11.4. The summed E-state index contributed by atoms with van der Waals surface area (Å²) >= 11 is 0. The molecule has 1 aromatic heterocycles. The Labute approximate surface area is 151 Å². The maximum absolute atomic E-state index is 11.4. The van der Waals surface area contributed by atoms with Gasteiger partial charge >= 0.3 is 5.97 Å². The number of ether oxygens (including phenoxy) is 1. The number of unbranched alkanes of at least 4 members (excludes halogenated alkanes) is 1. The normalized spacial score (nSPS) is 12.2. The Hall–Kier alpha value is -2.25. The van der Waals surface area contributed by atoms with E-state index in [2.05, 4.69) is 43.6 Å². The first-order valence-corrected chi connectivity index (χ1v) is 12.1. The molecule has 0 amide bonds. The maximum Gasteiger partial charge on any atom is 0.304 e. The van der Waals surface area contributed by atoms with Gasteiger partial charge in [0, 0.05) is 18.9 Å². The number of rotatable bonds is 6. The Morgan fingerprint density at radius 3 is 2.56 bits per heavy atom. The van der Waals surface area contributed by atoms with Crippen LogP contribution in [0.1, 0.15) is 37.0 Å². The molecule has 132 valence electrons. The lowest BCUT2D eigenvalue weighted by atomic mass is 10.1. The van der Waals surface area contributed by atoms with Gasteiger partial charge in [0.15, 0.2) is 6.10 Å². The Balaban J connectivity index is 1.98. The van der Waals surface area contributed by atoms with Crippen molar-refractivity contribution in [1.82, 2.24) is 0 Å². The number of benzene rings is 1. The van der Waals surface area contributed by atoms with Crippen molar-refractivity contribution >= 4 is 19.4 Å². The predicted octanol–water partition coefficient (Wildman–Crippen LogP) is 4.46. The molecule has 1 atom stereocenters. The molecule has 1 unspecified atom stereocenters. The summed E-state index contributed by atoms with van der Waals surface area (Å²) in [6, 6.07) is 12.3. The molecule has 1 heterocycles. The Kier molecular flexibility index (Phi) is 6.66. The van der Waals surface area contributed by atoms with Gasteiger partial charge in [-0.1, -0.05) is 61.8 Å². The highest BCUT2D eigenvalue weighted by atomic mass is 28.3. The monoisotopic (exact) mass is 354 g/mol. The van der Waals surface area contributed by atoms with Gasteiger partial charge in [0.25, 0.3) is 0 Å². The summed E-state index contributed by atoms with van der Waals surface area (Å²) < 4.78 is 11.0. The van der Waals surface area contributed by atoms with E-state index in [4.69, 9.17) is 9.15 Å². The van der Waals surface area contributed by atoms with Crippen molar-refractivity contribution in [2.45, 2.75) is 51.9 Å². The second-order valence-electron chi connectivity index (χ2n) is 7.14. The van der Waals surface area contributed by atoms with Crippen LogP contribution in [-0.2, 0) is 16.0 Å². The molecular weight excluding hydrogens is 328 g/mol. The molecule has 0 saturated carbocycles. The van der Waals surface area contributed by atoms with Crippen LogP contribution >= 0.6 is 0 Å². The zero-order valence-corrected chi connectivity index (χ0v) is 16.5. The first-order valence-electron chi connectivity index (χ1n) is 8.64. The van der Waals surface area contributed by atoms with E-state index in [1.807, 2.05) is 24.3 Å². The molecule has 1 aromatic carbocycles. The SMILES string of the molecule is CC(=O)OC(C#CCCCc1ccccc1)c1coc([Si](C)(C)C)c1. The predicted molar refractivity (Wildman–Crippen MR) is 103 cm³/mol. The molecule has 25 heavy (non-hydrogen) atoms. The topological polar surface area (TPSA) is 39.4 Å². The quantitative estimate of drug-likeness (QED) is 0.333. The lowest BCUT2D eigenvalue weighted by Crippen LogP contribution is -2.36. The highest BCUT2D eigenvalue weighted by Crippen LogP contribution is 2.18. The van der Waals surface area contributed by atoms with Crippen molar-refractivity contribution in [3.8, 4) is 11.8 Å². The van der Waals surface area contributed by atoms with Crippen molar-refractivity contribution < 1.29 is 13.9 Å². The van der Waals surface area contributed by atoms with E-state index in [0.29, 0.717) is 0 Å². The smallest absolute Gasteiger partial charge is 0.304 e. The molecule has 0 bridgehead atoms. The van der Waals surface area contributed by atoms with Crippen molar-refractivity contribution in [1.29, 1.82) is 0 Å². The molecule has 0 radical (unpaired) electrons. The van der Waals surface area contributed by atoms with Crippen LogP contribution in [0.4, 0.5) is 0 Å². The minimum Gasteiger partial charge on any atom is -0.474 e. The average Bonchev–Trinajstić information content (AvgIpc) is 3.04. The minimum absolute atomic E-state index is 0.334. The number of carbonyl (C=O) groups is 1. The number of carbonyl (C=O) groups excluding carboxylic acids is 1. The van der Waals surface area contributed by atoms with E-state index in [0.717, 1.165) is 30.2 Å². The fraction of sp³-hybridized carbons (Fsp3) is 0.381. The highest BCUT2D eigenvalue weighted by Gasteiger charge is 2.23. The zero-order valence-electron chi connectivity index (χ0n) is 15.5. The average molecular weight is 355 g/mol. The van der Waals surface area contributed by atoms with Crippen LogP contribution in [0, 0.1) is 11.8 Å². The zero-order chi connectivity index (χ0) is 18.3. The third-order valence-corrected chi connectivity index (χ3v) is 5.53. The van der Waals surface area contributed by atoms with E-state index in [1.54, 1.807) is 6.26 Å². The third-order valence-electron chi connectivity index (χ3n) is 3.79. The summed E-state index contributed by atoms with van der Waals surface area (Å²) in [5, 5.41) is 0.991. The molecule has 4 heteroatoms. The van der Waals surface area contributed by atoms with E-state index in [9.17, 15) is 4.79 Å². The molecule has 0 aliphatic heterocycles. The van der Waals surface area contributed by atoms with Gasteiger partial charge in [-0.15, -0.1) is 0 Å². The number of esters is 1. The summed E-state index contributed by atoms with van der Waals surface area (Å²) in [5.41, 5.74) is 2.14. The number of furan rings is 1. The van der Waals surface area contributed by atoms with Crippen LogP contribution in [0.5, 0.6) is 0 Å². The molecule has 3 nitrogen and oxygen atoms in total. The van der Waals surface area contributed by atoms with E-state index in [-0.39, 0.29) is 5.97 Å². The number of hydrogen-bond donors (Lipinski definition) is 0. The van der Waals surface area contributed by atoms with E-state index in [1.165, 1.54) is 12.5 Å². The largest absolute Gasteiger partial charge is 0.474 e. The molecule has 0 saturated heterocycles. The first-order chi connectivity index (χ1) is 11.9. The third kappa shape index (κ3) is 6.28. The van der Waals surface area contributed by atoms with Gasteiger partial charge in [-0.25, -0.2) is 0 Å². The van der Waals surface area contributed by atoms with Crippen LogP contribution in [0.15, 0.2) is 47.1 Å². The molecule has 0 aliphatic carbocycles. The van der Waals surface area contributed by atoms with Crippen molar-refractivity contribution in [3.05, 3.63) is 53.8 Å². The molecule has 0 N–H and O–H groups in total. The van der Waals surface area contributed by atoms with Gasteiger partial charge < -0.3 is 9.15 Å². The lowest BCUT2D eigenvalue weighted by molar-refractivity contribution is -0.144. The Morgan fingerprint density at radius 1 is 1.24 bits per heavy atom. The minimum atomic E-state index is -1.54. The van der Waals surface area contributed by atoms with Gasteiger partial charge in [0.2, 0.25) is 0 Å². The number of hydrogen-bond acceptors (Lipinski definition) is 3. The fourth-order valence-electron chi connectivity index (χ4n) is 2.42. The van der Waals surface area contributed by atoms with Crippen molar-refractivity contribution in [3.63, 3.8) is 0 Å². The fourth-order valence-corrected chi connectivity index (χ4v) is 3.43. The first kappa shape index (κ1) is 19.1. The Bertz CT molecular complexity index is 745. The summed E-state index contributed by atoms with van der Waals surface area (Å²) in [5.74, 6) is 5.90. The molecule has 2 aromatic rings. The van der Waals surface area contributed by atoms with Crippen LogP contribution in [0.3, 0.4) is 0 Å². The molecule has 0 spiro atoms. The van der Waals surface area contributed by atoms with E-state index >= 15 is 0 Å². The van der Waals surface area contributed by atoms with Crippen molar-refractivity contribution in [2.24, 2.45) is 0 Å². The van der Waals surface area contributed by atoms with Gasteiger partial charge in [0.05, 0.1) is 11.6 Å². The lowest BCUT2D eigenvalue weighted by Gasteiger charge is -2.11. The van der Waals surface area contributed by atoms with Crippen LogP contribution in [-0.4, -0.2) is 14.0 Å². The van der Waals surface area contributed by atoms with Crippen LogP contribution in [0.25, 0.3) is 0 Å². The van der Waals surface area contributed by atoms with Crippen molar-refractivity contribution in [2.75, 3.05) is 0 Å². The summed E-state index contributed by atoms with van der Waals surface area (Å²) in [6.45, 7) is 8.05. The summed E-state index contributed by atoms with van der Waals surface area (Å²) in [4.78, 5) is 11.4. The van der Waals surface area contributed by atoms with Crippen LogP contribution < -0.4 is 5.38 Å². The summed E-state index contributed by atoms with van der Waals surface area (Å²) in [7, 11) is -1.54.